The second-order valence-corrected chi connectivity index (χ2v) is 9.03. The summed E-state index contributed by atoms with van der Waals surface area (Å²) in [6.07, 6.45) is 1.73. The number of nitrogens with zero attached hydrogens (tertiary/aromatic N) is 1. The lowest BCUT2D eigenvalue weighted by atomic mass is 9.62. The summed E-state index contributed by atoms with van der Waals surface area (Å²) in [6.45, 7) is 9.74. The highest BCUT2D eigenvalue weighted by molar-refractivity contribution is 6.07. The van der Waals surface area contributed by atoms with Crippen molar-refractivity contribution in [3.63, 3.8) is 0 Å². The van der Waals surface area contributed by atoms with Crippen LogP contribution in [0.5, 0.6) is 0 Å². The predicted octanol–water partition coefficient (Wildman–Crippen LogP) is 2.93. The maximum Gasteiger partial charge on any atom is 0.243 e. The lowest BCUT2D eigenvalue weighted by molar-refractivity contribution is -0.173. The number of carbonyl (C=O) groups excluding carboxylic acids is 3. The zero-order valence-electron chi connectivity index (χ0n) is 16.9. The summed E-state index contributed by atoms with van der Waals surface area (Å²) in [5.41, 5.74) is -0.0633. The van der Waals surface area contributed by atoms with Crippen LogP contribution >= 0.6 is 0 Å². The fourth-order valence-corrected chi connectivity index (χ4v) is 4.66. The van der Waals surface area contributed by atoms with Gasteiger partial charge in [-0.25, -0.2) is 0 Å². The van der Waals surface area contributed by atoms with Crippen LogP contribution in [0.15, 0.2) is 30.3 Å². The molecule has 5 heteroatoms. The van der Waals surface area contributed by atoms with E-state index in [2.05, 4.69) is 5.32 Å². The van der Waals surface area contributed by atoms with Gasteiger partial charge in [0.1, 0.15) is 6.04 Å². The molecule has 27 heavy (non-hydrogen) atoms. The van der Waals surface area contributed by atoms with E-state index in [0.717, 1.165) is 5.56 Å². The van der Waals surface area contributed by atoms with Gasteiger partial charge in [-0.15, -0.1) is 0 Å². The Morgan fingerprint density at radius 3 is 2.41 bits per heavy atom. The minimum Gasteiger partial charge on any atom is -0.352 e. The monoisotopic (exact) mass is 370 g/mol. The third kappa shape index (κ3) is 3.07. The molecule has 0 spiro atoms. The van der Waals surface area contributed by atoms with E-state index in [-0.39, 0.29) is 35.1 Å². The molecule has 3 atom stereocenters. The third-order valence-corrected chi connectivity index (χ3v) is 6.77. The second kappa shape index (κ2) is 6.77. The average Bonchev–Trinajstić information content (AvgIpc) is 2.78. The number of benzene rings is 1. The molecule has 0 radical (unpaired) electrons. The molecular weight excluding hydrogens is 340 g/mol. The van der Waals surface area contributed by atoms with Crippen LogP contribution in [0.4, 0.5) is 0 Å². The first-order valence-electron chi connectivity index (χ1n) is 9.81. The highest BCUT2D eigenvalue weighted by Crippen LogP contribution is 2.60. The molecule has 1 N–H and O–H groups in total. The standard InChI is InChI=1S/C22H30N2O3/c1-14(2)23-18(25)17(13-15-9-7-6-8-10-15)24-19(26)16-11-12-22(5,20(24)27)21(16,3)4/h6-10,14,16-17H,11-13H2,1-5H3,(H,23,25). The number of fused-ring (bicyclic) bond motifs is 2. The molecule has 3 rings (SSSR count). The average molecular weight is 370 g/mol. The minimum atomic E-state index is -0.814. The first kappa shape index (κ1) is 19.6. The van der Waals surface area contributed by atoms with Gasteiger partial charge >= 0.3 is 0 Å². The number of imide groups is 1. The Kier molecular flexibility index (Phi) is 4.91. The number of hydrogen-bond acceptors (Lipinski definition) is 3. The summed E-state index contributed by atoms with van der Waals surface area (Å²) in [5, 5.41) is 2.90. The summed E-state index contributed by atoms with van der Waals surface area (Å²) in [4.78, 5) is 41.1. The van der Waals surface area contributed by atoms with Crippen LogP contribution in [0.3, 0.4) is 0 Å². The Labute approximate surface area is 161 Å². The van der Waals surface area contributed by atoms with E-state index >= 15 is 0 Å². The van der Waals surface area contributed by atoms with Crippen molar-refractivity contribution >= 4 is 17.7 Å². The molecule has 2 aliphatic rings. The Morgan fingerprint density at radius 2 is 1.81 bits per heavy atom. The molecule has 146 valence electrons. The SMILES string of the molecule is CC(C)NC(=O)C(Cc1ccccc1)N1C(=O)C2CCC(C)(C1=O)C2(C)C. The number of likely N-dealkylation sites (tertiary alicyclic amines) is 1. The zero-order valence-corrected chi connectivity index (χ0v) is 16.9. The van der Waals surface area contributed by atoms with E-state index in [1.165, 1.54) is 4.90 Å². The van der Waals surface area contributed by atoms with Gasteiger partial charge in [-0.2, -0.15) is 0 Å². The molecule has 1 saturated carbocycles. The highest BCUT2D eigenvalue weighted by atomic mass is 16.2. The van der Waals surface area contributed by atoms with E-state index in [1.807, 2.05) is 65.0 Å². The summed E-state index contributed by atoms with van der Waals surface area (Å²) in [6, 6.07) is 8.69. The molecular formula is C22H30N2O3. The van der Waals surface area contributed by atoms with Crippen LogP contribution in [-0.4, -0.2) is 34.7 Å². The Balaban J connectivity index is 2.00. The van der Waals surface area contributed by atoms with E-state index in [9.17, 15) is 14.4 Å². The second-order valence-electron chi connectivity index (χ2n) is 9.03. The number of hydrogen-bond donors (Lipinski definition) is 1. The number of carbonyl (C=O) groups is 3. The van der Waals surface area contributed by atoms with Crippen LogP contribution in [0.2, 0.25) is 0 Å². The molecule has 1 aliphatic carbocycles. The van der Waals surface area contributed by atoms with Crippen molar-refractivity contribution in [2.24, 2.45) is 16.7 Å². The Bertz CT molecular complexity index is 756. The number of rotatable bonds is 5. The van der Waals surface area contributed by atoms with E-state index < -0.39 is 11.5 Å². The van der Waals surface area contributed by atoms with Gasteiger partial charge in [0.2, 0.25) is 17.7 Å². The molecule has 0 aromatic heterocycles. The van der Waals surface area contributed by atoms with Gasteiger partial charge in [-0.1, -0.05) is 51.1 Å². The van der Waals surface area contributed by atoms with Crippen LogP contribution in [-0.2, 0) is 20.8 Å². The lowest BCUT2D eigenvalue weighted by Crippen LogP contribution is -2.65. The molecule has 3 unspecified atom stereocenters. The topological polar surface area (TPSA) is 66.5 Å². The fraction of sp³-hybridized carbons (Fsp3) is 0.591. The van der Waals surface area contributed by atoms with Crippen molar-refractivity contribution in [1.29, 1.82) is 0 Å². The Morgan fingerprint density at radius 1 is 1.19 bits per heavy atom. The third-order valence-electron chi connectivity index (χ3n) is 6.77. The number of nitrogens with one attached hydrogen (secondary N) is 1. The number of amides is 3. The van der Waals surface area contributed by atoms with E-state index in [4.69, 9.17) is 0 Å². The van der Waals surface area contributed by atoms with Crippen molar-refractivity contribution in [2.75, 3.05) is 0 Å². The van der Waals surface area contributed by atoms with Gasteiger partial charge in [0.15, 0.2) is 0 Å². The summed E-state index contributed by atoms with van der Waals surface area (Å²) in [7, 11) is 0. The van der Waals surface area contributed by atoms with Crippen LogP contribution in [0.1, 0.15) is 53.0 Å². The summed E-state index contributed by atoms with van der Waals surface area (Å²) in [5.74, 6) is -0.880. The maximum absolute atomic E-state index is 13.5. The zero-order chi connectivity index (χ0) is 20.0. The molecule has 1 saturated heterocycles. The molecule has 1 heterocycles. The molecule has 1 aromatic rings. The van der Waals surface area contributed by atoms with Gasteiger partial charge in [0, 0.05) is 18.4 Å². The number of piperidine rings is 1. The quantitative estimate of drug-likeness (QED) is 0.811. The van der Waals surface area contributed by atoms with Crippen molar-refractivity contribution in [3.8, 4) is 0 Å². The first-order chi connectivity index (χ1) is 12.6. The van der Waals surface area contributed by atoms with Gasteiger partial charge in [-0.05, 0) is 37.7 Å². The molecule has 2 fully saturated rings. The molecule has 1 aliphatic heterocycles. The summed E-state index contributed by atoms with van der Waals surface area (Å²) < 4.78 is 0. The first-order valence-corrected chi connectivity index (χ1v) is 9.81. The van der Waals surface area contributed by atoms with Crippen molar-refractivity contribution in [3.05, 3.63) is 35.9 Å². The maximum atomic E-state index is 13.5. The fourth-order valence-electron chi connectivity index (χ4n) is 4.66. The summed E-state index contributed by atoms with van der Waals surface area (Å²) >= 11 is 0. The molecule has 2 bridgehead atoms. The van der Waals surface area contributed by atoms with Crippen molar-refractivity contribution in [2.45, 2.75) is 66.0 Å². The van der Waals surface area contributed by atoms with Gasteiger partial charge in [-0.3, -0.25) is 19.3 Å². The molecule has 5 nitrogen and oxygen atoms in total. The van der Waals surface area contributed by atoms with Crippen LogP contribution in [0, 0.1) is 16.7 Å². The van der Waals surface area contributed by atoms with Crippen LogP contribution in [0.25, 0.3) is 0 Å². The van der Waals surface area contributed by atoms with Crippen molar-refractivity contribution < 1.29 is 14.4 Å². The van der Waals surface area contributed by atoms with Crippen LogP contribution < -0.4 is 5.32 Å². The normalized spacial score (nSPS) is 27.8. The predicted molar refractivity (Wildman–Crippen MR) is 104 cm³/mol. The van der Waals surface area contributed by atoms with Gasteiger partial charge < -0.3 is 5.32 Å². The minimum absolute atomic E-state index is 0.0606. The molecule has 1 aromatic carbocycles. The van der Waals surface area contributed by atoms with Gasteiger partial charge in [0.25, 0.3) is 0 Å². The van der Waals surface area contributed by atoms with Crippen molar-refractivity contribution in [1.82, 2.24) is 10.2 Å². The lowest BCUT2D eigenvalue weighted by Gasteiger charge is -2.49. The Hall–Kier alpha value is -2.17. The molecule has 3 amide bonds. The largest absolute Gasteiger partial charge is 0.352 e. The highest BCUT2D eigenvalue weighted by Gasteiger charge is 2.65. The van der Waals surface area contributed by atoms with Gasteiger partial charge in [0.05, 0.1) is 5.41 Å². The van der Waals surface area contributed by atoms with E-state index in [1.54, 1.807) is 0 Å². The smallest absolute Gasteiger partial charge is 0.243 e. The van der Waals surface area contributed by atoms with E-state index in [0.29, 0.717) is 19.3 Å².